The molecule has 0 saturated carbocycles. The molecule has 1 saturated heterocycles. The van der Waals surface area contributed by atoms with E-state index < -0.39 is 0 Å². The van der Waals surface area contributed by atoms with Crippen LogP contribution in [0.25, 0.3) is 0 Å². The summed E-state index contributed by atoms with van der Waals surface area (Å²) in [5.41, 5.74) is 1.30. The quantitative estimate of drug-likeness (QED) is 0.576. The van der Waals surface area contributed by atoms with E-state index in [0.717, 1.165) is 5.56 Å². The summed E-state index contributed by atoms with van der Waals surface area (Å²) in [5, 5.41) is 16.7. The number of rotatable bonds is 6. The number of nitrogens with one attached hydrogen (secondary N) is 2. The van der Waals surface area contributed by atoms with Crippen LogP contribution in [0.5, 0.6) is 5.75 Å². The average Bonchev–Trinajstić information content (AvgIpc) is 2.71. The Kier molecular flexibility index (Phi) is 7.58. The minimum atomic E-state index is -0.171. The van der Waals surface area contributed by atoms with Crippen LogP contribution in [0.1, 0.15) is 31.4 Å². The maximum Gasteiger partial charge on any atom is 0.234 e. The highest BCUT2D eigenvalue weighted by molar-refractivity contribution is 6.31. The van der Waals surface area contributed by atoms with Crippen LogP contribution >= 0.6 is 23.2 Å². The fourth-order valence-corrected chi connectivity index (χ4v) is 3.82. The number of amides is 2. The Morgan fingerprint density at radius 3 is 2.40 bits per heavy atom. The van der Waals surface area contributed by atoms with E-state index in [1.165, 1.54) is 12.1 Å². The Morgan fingerprint density at radius 1 is 1.10 bits per heavy atom. The van der Waals surface area contributed by atoms with Gasteiger partial charge in [-0.2, -0.15) is 0 Å². The van der Waals surface area contributed by atoms with Gasteiger partial charge in [0.05, 0.1) is 18.3 Å². The number of piperidine rings is 1. The van der Waals surface area contributed by atoms with Gasteiger partial charge in [-0.05, 0) is 68.8 Å². The van der Waals surface area contributed by atoms with Crippen molar-refractivity contribution in [3.63, 3.8) is 0 Å². The fraction of sp³-hybridized carbons (Fsp3) is 0.364. The lowest BCUT2D eigenvalue weighted by Gasteiger charge is -2.31. The van der Waals surface area contributed by atoms with E-state index in [-0.39, 0.29) is 29.5 Å². The molecule has 1 unspecified atom stereocenters. The maximum absolute atomic E-state index is 12.5. The van der Waals surface area contributed by atoms with Gasteiger partial charge in [0.1, 0.15) is 5.75 Å². The van der Waals surface area contributed by atoms with Gasteiger partial charge in [0.2, 0.25) is 11.8 Å². The number of nitrogens with zero attached hydrogens (tertiary/aromatic N) is 1. The molecule has 8 heteroatoms. The van der Waals surface area contributed by atoms with Crippen LogP contribution in [-0.2, 0) is 9.59 Å². The molecule has 2 aromatic carbocycles. The third kappa shape index (κ3) is 6.11. The second-order valence-corrected chi connectivity index (χ2v) is 8.41. The minimum Gasteiger partial charge on any atom is -0.506 e. The summed E-state index contributed by atoms with van der Waals surface area (Å²) < 4.78 is 0. The first-order valence-electron chi connectivity index (χ1n) is 9.88. The number of carbonyl (C=O) groups is 2. The van der Waals surface area contributed by atoms with Gasteiger partial charge in [-0.15, -0.1) is 0 Å². The number of carbonyl (C=O) groups excluding carboxylic acids is 2. The van der Waals surface area contributed by atoms with Crippen molar-refractivity contribution in [1.82, 2.24) is 10.2 Å². The molecule has 1 aliphatic rings. The number of hydrogen-bond donors (Lipinski definition) is 3. The van der Waals surface area contributed by atoms with E-state index in [0.29, 0.717) is 48.2 Å². The zero-order valence-corrected chi connectivity index (χ0v) is 18.2. The highest BCUT2D eigenvalue weighted by Gasteiger charge is 2.26. The molecule has 1 aliphatic heterocycles. The topological polar surface area (TPSA) is 81.7 Å². The lowest BCUT2D eigenvalue weighted by molar-refractivity contribution is -0.124. The molecule has 3 N–H and O–H groups in total. The number of hydrogen-bond acceptors (Lipinski definition) is 4. The summed E-state index contributed by atoms with van der Waals surface area (Å²) in [4.78, 5) is 26.9. The Hall–Kier alpha value is -2.28. The molecule has 30 heavy (non-hydrogen) atoms. The normalized spacial score (nSPS) is 16.1. The number of phenolic OH excluding ortho intramolecular Hbond substituents is 1. The Balaban J connectivity index is 1.44. The zero-order chi connectivity index (χ0) is 21.7. The average molecular weight is 450 g/mol. The Morgan fingerprint density at radius 2 is 1.73 bits per heavy atom. The molecular formula is C22H25Cl2N3O3. The predicted octanol–water partition coefficient (Wildman–Crippen LogP) is 4.23. The summed E-state index contributed by atoms with van der Waals surface area (Å²) in [6.45, 7) is 3.54. The molecule has 160 valence electrons. The third-order valence-electron chi connectivity index (χ3n) is 5.29. The first kappa shape index (κ1) is 22.4. The number of likely N-dealkylation sites (tertiary alicyclic amines) is 1. The van der Waals surface area contributed by atoms with Gasteiger partial charge in [0.25, 0.3) is 0 Å². The van der Waals surface area contributed by atoms with Gasteiger partial charge in [-0.1, -0.05) is 35.3 Å². The first-order chi connectivity index (χ1) is 14.3. The summed E-state index contributed by atoms with van der Waals surface area (Å²) in [7, 11) is 0. The maximum atomic E-state index is 12.5. The van der Waals surface area contributed by atoms with Gasteiger partial charge >= 0.3 is 0 Å². The van der Waals surface area contributed by atoms with Crippen molar-refractivity contribution in [2.75, 3.05) is 25.0 Å². The second kappa shape index (κ2) is 10.2. The molecule has 0 aliphatic carbocycles. The summed E-state index contributed by atoms with van der Waals surface area (Å²) in [5.74, 6) is -0.385. The molecule has 0 aromatic heterocycles. The van der Waals surface area contributed by atoms with Gasteiger partial charge in [0, 0.05) is 16.0 Å². The molecular weight excluding hydrogens is 425 g/mol. The third-order valence-corrected chi connectivity index (χ3v) is 5.78. The van der Waals surface area contributed by atoms with Crippen LogP contribution in [0, 0.1) is 5.92 Å². The minimum absolute atomic E-state index is 0.0170. The van der Waals surface area contributed by atoms with Gasteiger partial charge < -0.3 is 15.7 Å². The largest absolute Gasteiger partial charge is 0.506 e. The molecule has 1 heterocycles. The monoisotopic (exact) mass is 449 g/mol. The molecule has 1 atom stereocenters. The van der Waals surface area contributed by atoms with Crippen LogP contribution in [0.4, 0.5) is 5.69 Å². The van der Waals surface area contributed by atoms with Crippen molar-refractivity contribution in [3.8, 4) is 5.75 Å². The summed E-state index contributed by atoms with van der Waals surface area (Å²) >= 11 is 11.8. The molecule has 0 spiro atoms. The Bertz CT molecular complexity index is 897. The van der Waals surface area contributed by atoms with Crippen LogP contribution in [-0.4, -0.2) is 41.5 Å². The van der Waals surface area contributed by atoms with Crippen LogP contribution in [0.15, 0.2) is 42.5 Å². The second-order valence-electron chi connectivity index (χ2n) is 7.54. The van der Waals surface area contributed by atoms with Gasteiger partial charge in [0.15, 0.2) is 0 Å². The lowest BCUT2D eigenvalue weighted by atomic mass is 9.95. The van der Waals surface area contributed by atoms with Crippen LogP contribution in [0.2, 0.25) is 10.0 Å². The van der Waals surface area contributed by atoms with E-state index >= 15 is 0 Å². The van der Waals surface area contributed by atoms with E-state index in [1.54, 1.807) is 18.2 Å². The molecule has 1 fully saturated rings. The number of aromatic hydroxyl groups is 1. The fourth-order valence-electron chi connectivity index (χ4n) is 3.52. The molecule has 2 aromatic rings. The highest BCUT2D eigenvalue weighted by Crippen LogP contribution is 2.28. The van der Waals surface area contributed by atoms with Gasteiger partial charge in [-0.25, -0.2) is 0 Å². The van der Waals surface area contributed by atoms with Crippen molar-refractivity contribution in [1.29, 1.82) is 0 Å². The van der Waals surface area contributed by atoms with Crippen molar-refractivity contribution < 1.29 is 14.7 Å². The van der Waals surface area contributed by atoms with E-state index in [9.17, 15) is 14.7 Å². The van der Waals surface area contributed by atoms with E-state index in [4.69, 9.17) is 23.2 Å². The molecule has 0 bridgehead atoms. The number of benzene rings is 2. The molecule has 3 rings (SSSR count). The first-order valence-corrected chi connectivity index (χ1v) is 10.6. The Labute approximate surface area is 186 Å². The standard InChI is InChI=1S/C22H25Cl2N3O3/c1-14(15-2-4-17(23)5-3-15)25-21(29)13-27-10-8-16(9-11-27)22(30)26-19-12-18(24)6-7-20(19)28/h2-7,12,14,16,28H,8-11,13H2,1H3,(H,25,29)(H,26,30). The lowest BCUT2D eigenvalue weighted by Crippen LogP contribution is -2.43. The molecule has 6 nitrogen and oxygen atoms in total. The van der Waals surface area contributed by atoms with Crippen LogP contribution in [0.3, 0.4) is 0 Å². The molecule has 2 amide bonds. The SMILES string of the molecule is CC(NC(=O)CN1CCC(C(=O)Nc2cc(Cl)ccc2O)CC1)c1ccc(Cl)cc1. The van der Waals surface area contributed by atoms with Crippen molar-refractivity contribution >= 4 is 40.7 Å². The number of phenols is 1. The van der Waals surface area contributed by atoms with E-state index in [2.05, 4.69) is 10.6 Å². The van der Waals surface area contributed by atoms with Crippen molar-refractivity contribution in [3.05, 3.63) is 58.1 Å². The smallest absolute Gasteiger partial charge is 0.234 e. The summed E-state index contributed by atoms with van der Waals surface area (Å²) in [6.07, 6.45) is 1.29. The van der Waals surface area contributed by atoms with Gasteiger partial charge in [-0.3, -0.25) is 14.5 Å². The predicted molar refractivity (Wildman–Crippen MR) is 119 cm³/mol. The van der Waals surface area contributed by atoms with Crippen molar-refractivity contribution in [2.45, 2.75) is 25.8 Å². The molecule has 0 radical (unpaired) electrons. The van der Waals surface area contributed by atoms with Crippen molar-refractivity contribution in [2.24, 2.45) is 5.92 Å². The van der Waals surface area contributed by atoms with E-state index in [1.807, 2.05) is 24.0 Å². The number of halogens is 2. The highest BCUT2D eigenvalue weighted by atomic mass is 35.5. The zero-order valence-electron chi connectivity index (χ0n) is 16.7. The number of anilines is 1. The van der Waals surface area contributed by atoms with Crippen LogP contribution < -0.4 is 10.6 Å². The summed E-state index contributed by atoms with van der Waals surface area (Å²) in [6, 6.07) is 11.8.